The van der Waals surface area contributed by atoms with Crippen LogP contribution in [-0.4, -0.2) is 14.3 Å². The number of rotatable bonds is 4. The Kier molecular flexibility index (Phi) is 4.67. The number of amides is 1. The number of nitrogens with one attached hydrogen (secondary N) is 1. The predicted octanol–water partition coefficient (Wildman–Crippen LogP) is 2.54. The number of carbonyl (C=O) groups excluding carboxylic acids is 1. The van der Waals surface area contributed by atoms with E-state index in [1.165, 1.54) is 11.4 Å². The third kappa shape index (κ3) is 3.82. The first-order chi connectivity index (χ1) is 9.79. The minimum absolute atomic E-state index is 0.0435. The highest BCUT2D eigenvalue weighted by Crippen LogP contribution is 2.23. The first-order valence-corrected chi connectivity index (χ1v) is 8.76. The maximum atomic E-state index is 12.1. The van der Waals surface area contributed by atoms with E-state index in [0.717, 1.165) is 16.9 Å². The van der Waals surface area contributed by atoms with E-state index in [2.05, 4.69) is 5.32 Å². The number of carbonyl (C=O) groups is 1. The topological polar surface area (TPSA) is 89.3 Å². The molecular formula is C13H13ClN2O3S2. The molecule has 0 aliphatic carbocycles. The lowest BCUT2D eigenvalue weighted by molar-refractivity contribution is 0.0940. The van der Waals surface area contributed by atoms with Gasteiger partial charge in [-0.2, -0.15) is 0 Å². The average Bonchev–Trinajstić information content (AvgIpc) is 2.88. The zero-order valence-electron chi connectivity index (χ0n) is 11.0. The van der Waals surface area contributed by atoms with Crippen molar-refractivity contribution in [2.24, 2.45) is 5.14 Å². The van der Waals surface area contributed by atoms with Crippen molar-refractivity contribution in [2.45, 2.75) is 17.2 Å². The summed E-state index contributed by atoms with van der Waals surface area (Å²) in [5.41, 5.74) is 1.04. The summed E-state index contributed by atoms with van der Waals surface area (Å²) >= 11 is 6.98. The van der Waals surface area contributed by atoms with Gasteiger partial charge in [0.25, 0.3) is 5.91 Å². The number of primary sulfonamides is 1. The molecule has 1 heterocycles. The standard InChI is InChI=1S/C13H13ClN2O3S2/c1-8(10-4-2-3-5-11(10)14)16-13(17)9-6-12(20-7-9)21(15,18)19/h2-8H,1H3,(H,16,17)(H2,15,18,19). The Labute approximate surface area is 131 Å². The Hall–Kier alpha value is -1.41. The molecule has 1 amide bonds. The minimum atomic E-state index is -3.79. The van der Waals surface area contributed by atoms with E-state index in [-0.39, 0.29) is 21.7 Å². The molecule has 2 rings (SSSR count). The van der Waals surface area contributed by atoms with Crippen LogP contribution in [0.2, 0.25) is 5.02 Å². The molecule has 0 saturated carbocycles. The molecular weight excluding hydrogens is 332 g/mol. The van der Waals surface area contributed by atoms with Crippen LogP contribution in [0.15, 0.2) is 39.9 Å². The lowest BCUT2D eigenvalue weighted by Gasteiger charge is -2.15. The Morgan fingerprint density at radius 3 is 2.62 bits per heavy atom. The van der Waals surface area contributed by atoms with E-state index in [4.69, 9.17) is 16.7 Å². The van der Waals surface area contributed by atoms with Gasteiger partial charge in [0.15, 0.2) is 0 Å². The van der Waals surface area contributed by atoms with Crippen molar-refractivity contribution in [2.75, 3.05) is 0 Å². The molecule has 2 aromatic rings. The molecule has 0 spiro atoms. The SMILES string of the molecule is CC(NC(=O)c1csc(S(N)(=O)=O)c1)c1ccccc1Cl. The number of halogens is 1. The van der Waals surface area contributed by atoms with Gasteiger partial charge in [0.05, 0.1) is 11.6 Å². The average molecular weight is 345 g/mol. The van der Waals surface area contributed by atoms with Crippen LogP contribution in [0.4, 0.5) is 0 Å². The summed E-state index contributed by atoms with van der Waals surface area (Å²) in [7, 11) is -3.79. The Morgan fingerprint density at radius 2 is 2.05 bits per heavy atom. The Balaban J connectivity index is 2.15. The lowest BCUT2D eigenvalue weighted by atomic mass is 10.1. The van der Waals surface area contributed by atoms with Crippen LogP contribution in [-0.2, 0) is 10.0 Å². The summed E-state index contributed by atoms with van der Waals surface area (Å²) in [6.07, 6.45) is 0. The maximum absolute atomic E-state index is 12.1. The fourth-order valence-electron chi connectivity index (χ4n) is 1.77. The van der Waals surface area contributed by atoms with Gasteiger partial charge in [0.2, 0.25) is 10.0 Å². The molecule has 0 bridgehead atoms. The molecule has 112 valence electrons. The van der Waals surface area contributed by atoms with Crippen molar-refractivity contribution < 1.29 is 13.2 Å². The summed E-state index contributed by atoms with van der Waals surface area (Å²) in [5.74, 6) is -0.381. The van der Waals surface area contributed by atoms with Gasteiger partial charge in [0, 0.05) is 10.4 Å². The number of benzene rings is 1. The normalized spacial score (nSPS) is 12.9. The third-order valence-electron chi connectivity index (χ3n) is 2.84. The number of nitrogens with two attached hydrogens (primary N) is 1. The number of sulfonamides is 1. The molecule has 8 heteroatoms. The van der Waals surface area contributed by atoms with Crippen molar-refractivity contribution in [3.63, 3.8) is 0 Å². The molecule has 5 nitrogen and oxygen atoms in total. The first-order valence-electron chi connectivity index (χ1n) is 5.95. The summed E-state index contributed by atoms with van der Waals surface area (Å²) in [6.45, 7) is 1.80. The Bertz CT molecular complexity index is 771. The van der Waals surface area contributed by atoms with Crippen LogP contribution in [0, 0.1) is 0 Å². The molecule has 0 saturated heterocycles. The zero-order chi connectivity index (χ0) is 15.6. The predicted molar refractivity (Wildman–Crippen MR) is 83.0 cm³/mol. The molecule has 1 unspecified atom stereocenters. The van der Waals surface area contributed by atoms with Gasteiger partial charge >= 0.3 is 0 Å². The molecule has 0 radical (unpaired) electrons. The van der Waals surface area contributed by atoms with Crippen LogP contribution in [0.25, 0.3) is 0 Å². The van der Waals surface area contributed by atoms with Gasteiger partial charge in [-0.15, -0.1) is 11.3 Å². The van der Waals surface area contributed by atoms with Gasteiger partial charge in [-0.1, -0.05) is 29.8 Å². The second-order valence-corrected chi connectivity index (χ2v) is 7.52. The molecule has 0 aliphatic heterocycles. The van der Waals surface area contributed by atoms with E-state index in [1.807, 2.05) is 12.1 Å². The fraction of sp³-hybridized carbons (Fsp3) is 0.154. The highest BCUT2D eigenvalue weighted by molar-refractivity contribution is 7.91. The van der Waals surface area contributed by atoms with Gasteiger partial charge < -0.3 is 5.32 Å². The molecule has 0 fully saturated rings. The van der Waals surface area contributed by atoms with Crippen molar-refractivity contribution in [3.8, 4) is 0 Å². The van der Waals surface area contributed by atoms with Crippen LogP contribution < -0.4 is 10.5 Å². The summed E-state index contributed by atoms with van der Waals surface area (Å²) in [4.78, 5) is 12.1. The van der Waals surface area contributed by atoms with E-state index in [9.17, 15) is 13.2 Å². The molecule has 1 aromatic heterocycles. The van der Waals surface area contributed by atoms with Crippen molar-refractivity contribution >= 4 is 38.9 Å². The molecule has 1 aromatic carbocycles. The van der Waals surface area contributed by atoms with Crippen molar-refractivity contribution in [3.05, 3.63) is 51.9 Å². The van der Waals surface area contributed by atoms with Gasteiger partial charge in [-0.3, -0.25) is 4.79 Å². The van der Waals surface area contributed by atoms with E-state index < -0.39 is 10.0 Å². The zero-order valence-corrected chi connectivity index (χ0v) is 13.4. The fourth-order valence-corrected chi connectivity index (χ4v) is 3.65. The van der Waals surface area contributed by atoms with Crippen LogP contribution >= 0.6 is 22.9 Å². The Morgan fingerprint density at radius 1 is 1.38 bits per heavy atom. The first kappa shape index (κ1) is 16.0. The highest BCUT2D eigenvalue weighted by Gasteiger charge is 2.17. The van der Waals surface area contributed by atoms with E-state index >= 15 is 0 Å². The molecule has 0 aliphatic rings. The second kappa shape index (κ2) is 6.15. The van der Waals surface area contributed by atoms with E-state index in [0.29, 0.717) is 5.02 Å². The van der Waals surface area contributed by atoms with Gasteiger partial charge in [-0.25, -0.2) is 13.6 Å². The maximum Gasteiger partial charge on any atom is 0.252 e. The molecule has 21 heavy (non-hydrogen) atoms. The van der Waals surface area contributed by atoms with Crippen molar-refractivity contribution in [1.82, 2.24) is 5.32 Å². The van der Waals surface area contributed by atoms with E-state index in [1.54, 1.807) is 19.1 Å². The summed E-state index contributed by atoms with van der Waals surface area (Å²) < 4.78 is 22.3. The summed E-state index contributed by atoms with van der Waals surface area (Å²) in [5, 5.41) is 9.79. The minimum Gasteiger partial charge on any atom is -0.345 e. The summed E-state index contributed by atoms with van der Waals surface area (Å²) in [6, 6.07) is 8.14. The smallest absolute Gasteiger partial charge is 0.252 e. The highest BCUT2D eigenvalue weighted by atomic mass is 35.5. The van der Waals surface area contributed by atoms with Gasteiger partial charge in [0.1, 0.15) is 4.21 Å². The van der Waals surface area contributed by atoms with Crippen molar-refractivity contribution in [1.29, 1.82) is 0 Å². The number of hydrogen-bond acceptors (Lipinski definition) is 4. The lowest BCUT2D eigenvalue weighted by Crippen LogP contribution is -2.26. The largest absolute Gasteiger partial charge is 0.345 e. The quantitative estimate of drug-likeness (QED) is 0.893. The number of thiophene rings is 1. The number of hydrogen-bond donors (Lipinski definition) is 2. The monoisotopic (exact) mass is 344 g/mol. The molecule has 1 atom stereocenters. The van der Waals surface area contributed by atoms with Crippen LogP contribution in [0.3, 0.4) is 0 Å². The molecule has 3 N–H and O–H groups in total. The second-order valence-electron chi connectivity index (χ2n) is 4.42. The van der Waals surface area contributed by atoms with Crippen LogP contribution in [0.5, 0.6) is 0 Å². The van der Waals surface area contributed by atoms with Crippen LogP contribution in [0.1, 0.15) is 28.9 Å². The third-order valence-corrected chi connectivity index (χ3v) is 5.57. The van der Waals surface area contributed by atoms with Gasteiger partial charge in [-0.05, 0) is 24.6 Å².